The average molecular weight is 414 g/mol. The third kappa shape index (κ3) is 7.24. The largest absolute Gasteiger partial charge is 0.493 e. The first-order valence-corrected chi connectivity index (χ1v) is 9.58. The number of nitrogens with one attached hydrogen (secondary N) is 1. The van der Waals surface area contributed by atoms with Gasteiger partial charge in [0, 0.05) is 18.8 Å². The van der Waals surface area contributed by atoms with Crippen LogP contribution in [0.4, 0.5) is 10.1 Å². The monoisotopic (exact) mass is 414 g/mol. The molecule has 2 aromatic carbocycles. The molecule has 6 nitrogen and oxygen atoms in total. The van der Waals surface area contributed by atoms with Gasteiger partial charge in [-0.05, 0) is 47.9 Å². The zero-order chi connectivity index (χ0) is 22.1. The molecule has 160 valence electrons. The van der Waals surface area contributed by atoms with E-state index in [0.717, 1.165) is 5.56 Å². The van der Waals surface area contributed by atoms with Crippen LogP contribution in [0.3, 0.4) is 0 Å². The van der Waals surface area contributed by atoms with Crippen molar-refractivity contribution >= 4 is 23.6 Å². The van der Waals surface area contributed by atoms with E-state index in [1.165, 1.54) is 36.2 Å². The van der Waals surface area contributed by atoms with E-state index in [1.54, 1.807) is 31.4 Å². The van der Waals surface area contributed by atoms with Gasteiger partial charge in [0.25, 0.3) is 0 Å². The topological polar surface area (TPSA) is 67.9 Å². The number of amides is 2. The fourth-order valence-corrected chi connectivity index (χ4v) is 2.52. The van der Waals surface area contributed by atoms with E-state index in [1.807, 2.05) is 6.07 Å². The zero-order valence-corrected chi connectivity index (χ0v) is 17.6. The van der Waals surface area contributed by atoms with Crippen molar-refractivity contribution in [1.82, 2.24) is 4.90 Å². The van der Waals surface area contributed by atoms with Crippen LogP contribution in [0.1, 0.15) is 19.4 Å². The molecule has 0 saturated heterocycles. The number of nitrogens with zero attached hydrogens (tertiary/aromatic N) is 1. The van der Waals surface area contributed by atoms with Crippen LogP contribution in [0.5, 0.6) is 11.5 Å². The Kier molecular flexibility index (Phi) is 8.41. The van der Waals surface area contributed by atoms with Gasteiger partial charge in [0.05, 0.1) is 20.3 Å². The van der Waals surface area contributed by atoms with Gasteiger partial charge in [-0.15, -0.1) is 0 Å². The van der Waals surface area contributed by atoms with Crippen molar-refractivity contribution in [2.75, 3.05) is 32.6 Å². The van der Waals surface area contributed by atoms with Crippen molar-refractivity contribution in [2.24, 2.45) is 5.92 Å². The van der Waals surface area contributed by atoms with E-state index in [-0.39, 0.29) is 12.5 Å². The molecule has 0 atom stereocenters. The van der Waals surface area contributed by atoms with E-state index in [9.17, 15) is 14.0 Å². The van der Waals surface area contributed by atoms with Crippen molar-refractivity contribution < 1.29 is 23.5 Å². The maximum Gasteiger partial charge on any atom is 0.246 e. The molecule has 0 aliphatic rings. The lowest BCUT2D eigenvalue weighted by Gasteiger charge is -2.15. The third-order valence-corrected chi connectivity index (χ3v) is 4.04. The first-order valence-electron chi connectivity index (χ1n) is 9.58. The molecule has 0 aliphatic carbocycles. The van der Waals surface area contributed by atoms with Gasteiger partial charge in [-0.1, -0.05) is 26.0 Å². The number of likely N-dealkylation sites (N-methyl/N-ethyl adjacent to an activating group) is 1. The standard InChI is InChI=1S/C23H27FN2O4/c1-16(2)15-30-20-10-8-17(12-21(20)29-4)9-11-23(28)26(3)14-22(27)25-19-7-5-6-18(24)13-19/h5-13,16H,14-15H2,1-4H3,(H,25,27)/b11-9+. The highest BCUT2D eigenvalue weighted by atomic mass is 19.1. The first kappa shape index (κ1) is 22.9. The van der Waals surface area contributed by atoms with E-state index >= 15 is 0 Å². The fourth-order valence-electron chi connectivity index (χ4n) is 2.52. The molecule has 0 bridgehead atoms. The molecule has 0 aromatic heterocycles. The van der Waals surface area contributed by atoms with Crippen LogP contribution >= 0.6 is 0 Å². The summed E-state index contributed by atoms with van der Waals surface area (Å²) in [5, 5.41) is 2.56. The number of carbonyl (C=O) groups is 2. The normalized spacial score (nSPS) is 10.9. The molecule has 0 saturated carbocycles. The minimum Gasteiger partial charge on any atom is -0.493 e. The molecule has 0 spiro atoms. The lowest BCUT2D eigenvalue weighted by Crippen LogP contribution is -2.33. The van der Waals surface area contributed by atoms with Gasteiger partial charge in [-0.25, -0.2) is 4.39 Å². The fraction of sp³-hybridized carbons (Fsp3) is 0.304. The zero-order valence-electron chi connectivity index (χ0n) is 17.6. The van der Waals surface area contributed by atoms with Gasteiger partial charge in [0.1, 0.15) is 5.82 Å². The lowest BCUT2D eigenvalue weighted by molar-refractivity contribution is -0.129. The minimum atomic E-state index is -0.448. The average Bonchev–Trinajstić information content (AvgIpc) is 2.70. The Balaban J connectivity index is 1.94. The second-order valence-electron chi connectivity index (χ2n) is 7.20. The summed E-state index contributed by atoms with van der Waals surface area (Å²) in [6.07, 6.45) is 3.01. The number of hydrogen-bond acceptors (Lipinski definition) is 4. The van der Waals surface area contributed by atoms with Crippen molar-refractivity contribution in [3.05, 3.63) is 59.9 Å². The summed E-state index contributed by atoms with van der Waals surface area (Å²) >= 11 is 0. The molecule has 2 aromatic rings. The van der Waals surface area contributed by atoms with E-state index < -0.39 is 11.7 Å². The summed E-state index contributed by atoms with van der Waals surface area (Å²) in [6.45, 7) is 4.53. The SMILES string of the molecule is COc1cc(/C=C/C(=O)N(C)CC(=O)Nc2cccc(F)c2)ccc1OCC(C)C. The number of rotatable bonds is 9. The van der Waals surface area contributed by atoms with Gasteiger partial charge >= 0.3 is 0 Å². The van der Waals surface area contributed by atoms with Crippen LogP contribution in [0, 0.1) is 11.7 Å². The Morgan fingerprint density at radius 3 is 2.60 bits per heavy atom. The van der Waals surface area contributed by atoms with Crippen LogP contribution < -0.4 is 14.8 Å². The number of ether oxygens (including phenoxy) is 2. The number of benzene rings is 2. The molecule has 0 fully saturated rings. The molecule has 30 heavy (non-hydrogen) atoms. The maximum atomic E-state index is 13.2. The van der Waals surface area contributed by atoms with Crippen molar-refractivity contribution in [1.29, 1.82) is 0 Å². The second-order valence-corrected chi connectivity index (χ2v) is 7.20. The summed E-state index contributed by atoms with van der Waals surface area (Å²) in [5.41, 5.74) is 1.10. The Morgan fingerprint density at radius 2 is 1.93 bits per heavy atom. The molecule has 7 heteroatoms. The van der Waals surface area contributed by atoms with Gasteiger partial charge < -0.3 is 19.7 Å². The van der Waals surface area contributed by atoms with E-state index in [0.29, 0.717) is 29.7 Å². The highest BCUT2D eigenvalue weighted by molar-refractivity contribution is 5.97. The highest BCUT2D eigenvalue weighted by Gasteiger charge is 2.11. The van der Waals surface area contributed by atoms with Gasteiger partial charge in [-0.2, -0.15) is 0 Å². The number of methoxy groups -OCH3 is 1. The second kappa shape index (κ2) is 11.0. The van der Waals surface area contributed by atoms with Crippen LogP contribution in [-0.4, -0.2) is 44.0 Å². The van der Waals surface area contributed by atoms with E-state index in [2.05, 4.69) is 19.2 Å². The Bertz CT molecular complexity index is 912. The summed E-state index contributed by atoms with van der Waals surface area (Å²) in [7, 11) is 3.07. The molecule has 0 radical (unpaired) electrons. The van der Waals surface area contributed by atoms with Crippen molar-refractivity contribution in [3.8, 4) is 11.5 Å². The Hall–Kier alpha value is -3.35. The number of hydrogen-bond donors (Lipinski definition) is 1. The van der Waals surface area contributed by atoms with Crippen molar-refractivity contribution in [3.63, 3.8) is 0 Å². The third-order valence-electron chi connectivity index (χ3n) is 4.04. The smallest absolute Gasteiger partial charge is 0.246 e. The highest BCUT2D eigenvalue weighted by Crippen LogP contribution is 2.29. The molecular weight excluding hydrogens is 387 g/mol. The molecule has 1 N–H and O–H groups in total. The predicted molar refractivity (Wildman–Crippen MR) is 115 cm³/mol. The van der Waals surface area contributed by atoms with Crippen molar-refractivity contribution in [2.45, 2.75) is 13.8 Å². The molecular formula is C23H27FN2O4. The predicted octanol–water partition coefficient (Wildman–Crippen LogP) is 3.98. The quantitative estimate of drug-likeness (QED) is 0.631. The van der Waals surface area contributed by atoms with E-state index in [4.69, 9.17) is 9.47 Å². The molecule has 0 heterocycles. The maximum absolute atomic E-state index is 13.2. The molecule has 0 unspecified atom stereocenters. The Labute approximate surface area is 176 Å². The summed E-state index contributed by atoms with van der Waals surface area (Å²) in [6, 6.07) is 11.0. The number of carbonyl (C=O) groups excluding carboxylic acids is 2. The van der Waals surface area contributed by atoms with Crippen LogP contribution in [0.2, 0.25) is 0 Å². The van der Waals surface area contributed by atoms with Crippen LogP contribution in [0.15, 0.2) is 48.5 Å². The summed E-state index contributed by atoms with van der Waals surface area (Å²) < 4.78 is 24.3. The molecule has 2 amide bonds. The number of anilines is 1. The van der Waals surface area contributed by atoms with Gasteiger partial charge in [0.15, 0.2) is 11.5 Å². The van der Waals surface area contributed by atoms with Crippen LogP contribution in [0.25, 0.3) is 6.08 Å². The van der Waals surface area contributed by atoms with Gasteiger partial charge in [0.2, 0.25) is 11.8 Å². The molecule has 2 rings (SSSR count). The van der Waals surface area contributed by atoms with Gasteiger partial charge in [-0.3, -0.25) is 9.59 Å². The number of halogens is 1. The first-order chi connectivity index (χ1) is 14.3. The lowest BCUT2D eigenvalue weighted by atomic mass is 10.2. The summed E-state index contributed by atoms with van der Waals surface area (Å²) in [4.78, 5) is 25.6. The summed E-state index contributed by atoms with van der Waals surface area (Å²) in [5.74, 6) is 0.396. The van der Waals surface area contributed by atoms with Crippen LogP contribution in [-0.2, 0) is 9.59 Å². The minimum absolute atomic E-state index is 0.162. The molecule has 0 aliphatic heterocycles. The Morgan fingerprint density at radius 1 is 1.17 bits per heavy atom.